The number of halogens is 3. The summed E-state index contributed by atoms with van der Waals surface area (Å²) in [5.74, 6) is 0.0990. The van der Waals surface area contributed by atoms with Crippen LogP contribution in [0.5, 0.6) is 0 Å². The molecule has 0 aromatic heterocycles. The molecule has 0 radical (unpaired) electrons. The largest absolute Gasteiger partial charge is 0.208 e. The number of hydrogen-bond donors (Lipinski definition) is 0. The fourth-order valence-electron chi connectivity index (χ4n) is 2.27. The Hall–Kier alpha value is 0.330. The second-order valence-electron chi connectivity index (χ2n) is 4.11. The third-order valence-corrected chi connectivity index (χ3v) is 3.60. The van der Waals surface area contributed by atoms with Gasteiger partial charge in [0.05, 0.1) is 0 Å². The molecular weight excluding hydrogens is 297 g/mol. The minimum atomic E-state index is -0.651. The highest BCUT2D eigenvalue weighted by molar-refractivity contribution is 14.1. The lowest BCUT2D eigenvalue weighted by molar-refractivity contribution is 0.259. The first-order valence-corrected chi connectivity index (χ1v) is 6.43. The molecule has 0 bridgehead atoms. The molecule has 0 unspecified atom stereocenters. The van der Waals surface area contributed by atoms with Crippen molar-refractivity contribution in [3.05, 3.63) is 9.66 Å². The van der Waals surface area contributed by atoms with Gasteiger partial charge in [0.15, 0.2) is 3.83 Å². The summed E-state index contributed by atoms with van der Waals surface area (Å²) < 4.78 is 25.2. The molecular formula is C11H17F2I. The summed E-state index contributed by atoms with van der Waals surface area (Å²) in [5, 5.41) is 0. The lowest BCUT2D eigenvalue weighted by Crippen LogP contribution is -2.15. The van der Waals surface area contributed by atoms with Gasteiger partial charge in [-0.25, -0.2) is 4.39 Å². The first-order chi connectivity index (χ1) is 6.65. The summed E-state index contributed by atoms with van der Waals surface area (Å²) in [6, 6.07) is 0. The van der Waals surface area contributed by atoms with E-state index < -0.39 is 9.66 Å². The average Bonchev–Trinajstić information content (AvgIpc) is 2.18. The quantitative estimate of drug-likeness (QED) is 0.633. The van der Waals surface area contributed by atoms with Crippen LogP contribution in [0.2, 0.25) is 0 Å². The normalized spacial score (nSPS) is 30.0. The van der Waals surface area contributed by atoms with Crippen LogP contribution in [-0.4, -0.2) is 0 Å². The minimum absolute atomic E-state index is 0.139. The monoisotopic (exact) mass is 314 g/mol. The highest BCUT2D eigenvalue weighted by atomic mass is 127. The molecule has 0 N–H and O–H groups in total. The Bertz CT molecular complexity index is 201. The lowest BCUT2D eigenvalue weighted by atomic mass is 9.80. The molecule has 14 heavy (non-hydrogen) atoms. The van der Waals surface area contributed by atoms with Crippen LogP contribution in [0.4, 0.5) is 8.78 Å². The second-order valence-corrected chi connectivity index (χ2v) is 5.06. The first kappa shape index (κ1) is 12.4. The van der Waals surface area contributed by atoms with E-state index >= 15 is 0 Å². The molecule has 0 aliphatic heterocycles. The maximum atomic E-state index is 13.2. The third-order valence-electron chi connectivity index (χ3n) is 3.08. The molecule has 3 heteroatoms. The van der Waals surface area contributed by atoms with Crippen LogP contribution in [-0.2, 0) is 0 Å². The van der Waals surface area contributed by atoms with Crippen molar-refractivity contribution in [3.63, 3.8) is 0 Å². The molecule has 82 valence electrons. The highest BCUT2D eigenvalue weighted by Gasteiger charge is 2.25. The van der Waals surface area contributed by atoms with Gasteiger partial charge in [0.25, 0.3) is 0 Å². The molecule has 1 aliphatic carbocycles. The first-order valence-electron chi connectivity index (χ1n) is 5.35. The Morgan fingerprint density at radius 1 is 1.21 bits per heavy atom. The van der Waals surface area contributed by atoms with E-state index in [1.54, 1.807) is 0 Å². The molecule has 0 amide bonds. The molecule has 1 saturated carbocycles. The average molecular weight is 314 g/mol. The number of hydrogen-bond acceptors (Lipinski definition) is 0. The standard InChI is InChI=1S/C11H17F2I/c1-2-3-8-4-6-9(7-5-8)10(12)11(13)14/h8-9H,2-7H2,1H3. The zero-order chi connectivity index (χ0) is 10.6. The highest BCUT2D eigenvalue weighted by Crippen LogP contribution is 2.37. The summed E-state index contributed by atoms with van der Waals surface area (Å²) in [6.45, 7) is 2.18. The van der Waals surface area contributed by atoms with Gasteiger partial charge < -0.3 is 0 Å². The van der Waals surface area contributed by atoms with Crippen molar-refractivity contribution in [2.45, 2.75) is 45.4 Å². The SMILES string of the molecule is CCCC1CCC(C(F)=C(F)I)CC1. The third kappa shape index (κ3) is 3.48. The molecule has 1 aliphatic rings. The number of allylic oxidation sites excluding steroid dienone is 1. The second kappa shape index (κ2) is 6.03. The summed E-state index contributed by atoms with van der Waals surface area (Å²) in [5.41, 5.74) is 0. The maximum absolute atomic E-state index is 13.2. The van der Waals surface area contributed by atoms with E-state index in [1.165, 1.54) is 35.4 Å². The van der Waals surface area contributed by atoms with Gasteiger partial charge in [-0.05, 0) is 54.2 Å². The Labute approximate surface area is 98.3 Å². The van der Waals surface area contributed by atoms with E-state index in [1.807, 2.05) is 0 Å². The van der Waals surface area contributed by atoms with Crippen LogP contribution in [0.15, 0.2) is 9.66 Å². The van der Waals surface area contributed by atoms with Gasteiger partial charge >= 0.3 is 0 Å². The van der Waals surface area contributed by atoms with Crippen LogP contribution < -0.4 is 0 Å². The van der Waals surface area contributed by atoms with Gasteiger partial charge in [-0.2, -0.15) is 4.39 Å². The van der Waals surface area contributed by atoms with Crippen LogP contribution >= 0.6 is 22.6 Å². The Kier molecular flexibility index (Phi) is 5.34. The van der Waals surface area contributed by atoms with Gasteiger partial charge in [-0.3, -0.25) is 0 Å². The summed E-state index contributed by atoms with van der Waals surface area (Å²) in [7, 11) is 0. The molecule has 0 atom stereocenters. The Balaban J connectivity index is 2.39. The smallest absolute Gasteiger partial charge is 0.192 e. The van der Waals surface area contributed by atoms with E-state index in [0.29, 0.717) is 0 Å². The molecule has 1 fully saturated rings. The van der Waals surface area contributed by atoms with Gasteiger partial charge in [-0.1, -0.05) is 19.8 Å². The van der Waals surface area contributed by atoms with Gasteiger partial charge in [0, 0.05) is 5.92 Å². The molecule has 0 aromatic carbocycles. The van der Waals surface area contributed by atoms with Crippen LogP contribution in [0.1, 0.15) is 45.4 Å². The summed E-state index contributed by atoms with van der Waals surface area (Å²) >= 11 is 1.43. The Morgan fingerprint density at radius 3 is 2.21 bits per heavy atom. The Morgan fingerprint density at radius 2 is 1.79 bits per heavy atom. The van der Waals surface area contributed by atoms with Gasteiger partial charge in [0.2, 0.25) is 0 Å². The maximum Gasteiger partial charge on any atom is 0.192 e. The molecule has 0 aromatic rings. The molecule has 0 heterocycles. The molecule has 0 nitrogen and oxygen atoms in total. The fourth-order valence-corrected chi connectivity index (χ4v) is 2.71. The zero-order valence-corrected chi connectivity index (χ0v) is 10.7. The van der Waals surface area contributed by atoms with Crippen molar-refractivity contribution in [1.82, 2.24) is 0 Å². The van der Waals surface area contributed by atoms with Crippen molar-refractivity contribution >= 4 is 22.6 Å². The fraction of sp³-hybridized carbons (Fsp3) is 0.818. The minimum Gasteiger partial charge on any atom is -0.208 e. The van der Waals surface area contributed by atoms with Crippen LogP contribution in [0, 0.1) is 11.8 Å². The van der Waals surface area contributed by atoms with Crippen molar-refractivity contribution in [2.75, 3.05) is 0 Å². The van der Waals surface area contributed by atoms with Crippen molar-refractivity contribution in [3.8, 4) is 0 Å². The van der Waals surface area contributed by atoms with E-state index in [2.05, 4.69) is 6.92 Å². The zero-order valence-electron chi connectivity index (χ0n) is 8.53. The van der Waals surface area contributed by atoms with Crippen molar-refractivity contribution in [2.24, 2.45) is 11.8 Å². The van der Waals surface area contributed by atoms with Crippen LogP contribution in [0.25, 0.3) is 0 Å². The van der Waals surface area contributed by atoms with Gasteiger partial charge in [0.1, 0.15) is 5.83 Å². The van der Waals surface area contributed by atoms with Crippen molar-refractivity contribution < 1.29 is 8.78 Å². The topological polar surface area (TPSA) is 0 Å². The predicted octanol–water partition coefficient (Wildman–Crippen LogP) is 5.14. The van der Waals surface area contributed by atoms with Gasteiger partial charge in [-0.15, -0.1) is 0 Å². The molecule has 1 rings (SSSR count). The van der Waals surface area contributed by atoms with E-state index in [-0.39, 0.29) is 5.92 Å². The number of rotatable bonds is 3. The summed E-state index contributed by atoms with van der Waals surface area (Å²) in [4.78, 5) is 0. The lowest BCUT2D eigenvalue weighted by Gasteiger charge is -2.27. The van der Waals surface area contributed by atoms with Crippen molar-refractivity contribution in [1.29, 1.82) is 0 Å². The summed E-state index contributed by atoms with van der Waals surface area (Å²) in [6.07, 6.45) is 6.23. The van der Waals surface area contributed by atoms with E-state index in [0.717, 1.165) is 31.6 Å². The van der Waals surface area contributed by atoms with E-state index in [9.17, 15) is 8.78 Å². The predicted molar refractivity (Wildman–Crippen MR) is 63.6 cm³/mol. The van der Waals surface area contributed by atoms with E-state index in [4.69, 9.17) is 0 Å². The molecule has 0 saturated heterocycles. The molecule has 0 spiro atoms. The van der Waals surface area contributed by atoms with Crippen LogP contribution in [0.3, 0.4) is 0 Å².